The van der Waals surface area contributed by atoms with Gasteiger partial charge in [0.2, 0.25) is 5.95 Å². The van der Waals surface area contributed by atoms with Gasteiger partial charge in [-0.05, 0) is 11.8 Å². The van der Waals surface area contributed by atoms with Crippen LogP contribution in [0.3, 0.4) is 0 Å². The molecule has 0 spiro atoms. The first-order chi connectivity index (χ1) is 9.26. The van der Waals surface area contributed by atoms with Crippen molar-refractivity contribution in [1.29, 1.82) is 0 Å². The van der Waals surface area contributed by atoms with Crippen LogP contribution in [-0.2, 0) is 0 Å². The van der Waals surface area contributed by atoms with Crippen LogP contribution in [0.1, 0.15) is 0 Å². The molecule has 4 N–H and O–H groups in total. The molecule has 0 bridgehead atoms. The van der Waals surface area contributed by atoms with Gasteiger partial charge < -0.3 is 16.0 Å². The molecule has 3 aromatic rings. The van der Waals surface area contributed by atoms with Crippen molar-refractivity contribution in [1.82, 2.24) is 29.9 Å². The van der Waals surface area contributed by atoms with E-state index >= 15 is 0 Å². The summed E-state index contributed by atoms with van der Waals surface area (Å²) in [6.07, 6.45) is 3.05. The molecule has 0 atom stereocenters. The van der Waals surface area contributed by atoms with Crippen LogP contribution >= 0.6 is 11.8 Å². The Bertz CT molecular complexity index is 724. The first-order valence-corrected chi connectivity index (χ1v) is 6.22. The highest BCUT2D eigenvalue weighted by atomic mass is 32.2. The maximum atomic E-state index is 5.65. The van der Waals surface area contributed by atoms with Crippen molar-refractivity contribution in [2.24, 2.45) is 0 Å². The van der Waals surface area contributed by atoms with Gasteiger partial charge in [0, 0.05) is 13.1 Å². The molecule has 0 saturated heterocycles. The average Bonchev–Trinajstić information content (AvgIpc) is 2.87. The molecule has 0 aliphatic heterocycles. The van der Waals surface area contributed by atoms with E-state index in [1.807, 2.05) is 0 Å². The quantitative estimate of drug-likeness (QED) is 0.603. The van der Waals surface area contributed by atoms with Gasteiger partial charge in [-0.3, -0.25) is 0 Å². The molecule has 9 heteroatoms. The van der Waals surface area contributed by atoms with E-state index in [9.17, 15) is 0 Å². The van der Waals surface area contributed by atoms with E-state index in [0.29, 0.717) is 16.5 Å². The van der Waals surface area contributed by atoms with Gasteiger partial charge in [-0.1, -0.05) is 0 Å². The van der Waals surface area contributed by atoms with Crippen LogP contribution in [0.4, 0.5) is 11.8 Å². The predicted octanol–water partition coefficient (Wildman–Crippen LogP) is 0.918. The first kappa shape index (κ1) is 11.7. The predicted molar refractivity (Wildman–Crippen MR) is 71.8 cm³/mol. The lowest BCUT2D eigenvalue weighted by Gasteiger charge is -2.04. The van der Waals surface area contributed by atoms with Crippen LogP contribution in [0.15, 0.2) is 28.8 Å². The number of nitrogens with two attached hydrogens (primary N) is 1. The van der Waals surface area contributed by atoms with Gasteiger partial charge >= 0.3 is 0 Å². The largest absolute Gasteiger partial charge is 0.373 e. The van der Waals surface area contributed by atoms with Gasteiger partial charge in [-0.2, -0.15) is 4.98 Å². The van der Waals surface area contributed by atoms with Crippen molar-refractivity contribution in [2.45, 2.75) is 10.1 Å². The number of hydrogen-bond acceptors (Lipinski definition) is 8. The highest BCUT2D eigenvalue weighted by Crippen LogP contribution is 2.29. The highest BCUT2D eigenvalue weighted by Gasteiger charge is 2.10. The van der Waals surface area contributed by atoms with E-state index in [1.165, 1.54) is 18.1 Å². The van der Waals surface area contributed by atoms with Crippen molar-refractivity contribution in [2.75, 3.05) is 18.1 Å². The molecule has 3 aromatic heterocycles. The molecule has 0 radical (unpaired) electrons. The zero-order valence-corrected chi connectivity index (χ0v) is 10.8. The van der Waals surface area contributed by atoms with Crippen LogP contribution in [0, 0.1) is 0 Å². The van der Waals surface area contributed by atoms with Crippen LogP contribution in [0.5, 0.6) is 0 Å². The number of nitrogens with one attached hydrogen (secondary N) is 2. The Morgan fingerprint density at radius 2 is 2.16 bits per heavy atom. The Labute approximate surface area is 112 Å². The van der Waals surface area contributed by atoms with Gasteiger partial charge in [-0.25, -0.2) is 19.9 Å². The van der Waals surface area contributed by atoms with Gasteiger partial charge in [0.15, 0.2) is 5.65 Å². The number of H-pyrrole nitrogens is 1. The fourth-order valence-electron chi connectivity index (χ4n) is 1.54. The monoisotopic (exact) mass is 274 g/mol. The van der Waals surface area contributed by atoms with Crippen molar-refractivity contribution >= 4 is 34.7 Å². The number of anilines is 2. The van der Waals surface area contributed by atoms with E-state index in [4.69, 9.17) is 5.73 Å². The molecule has 0 unspecified atom stereocenters. The number of aromatic amines is 1. The van der Waals surface area contributed by atoms with E-state index < -0.39 is 0 Å². The van der Waals surface area contributed by atoms with Crippen LogP contribution in [-0.4, -0.2) is 37.0 Å². The zero-order valence-electron chi connectivity index (χ0n) is 9.95. The summed E-state index contributed by atoms with van der Waals surface area (Å²) in [5, 5.41) is 4.37. The Hall–Kier alpha value is -2.42. The maximum Gasteiger partial charge on any atom is 0.223 e. The normalized spacial score (nSPS) is 10.8. The lowest BCUT2D eigenvalue weighted by Crippen LogP contribution is -2.00. The summed E-state index contributed by atoms with van der Waals surface area (Å²) in [5.41, 5.74) is 7.05. The summed E-state index contributed by atoms with van der Waals surface area (Å²) in [6.45, 7) is 0. The van der Waals surface area contributed by atoms with Gasteiger partial charge in [0.05, 0.1) is 6.33 Å². The molecule has 3 heterocycles. The summed E-state index contributed by atoms with van der Waals surface area (Å²) in [6, 6.07) is 1.80. The third-order valence-corrected chi connectivity index (χ3v) is 3.29. The molecule has 0 amide bonds. The standard InChI is InChI=1S/C10H10N8S/c1-12-5-2-6(18-10(11)17-5)19-9-7-8(14-3-13-7)15-4-16-9/h2-4H,1H3,(H3,11,12,17,18)(H,13,14,15,16). The SMILES string of the molecule is CNc1cc(Sc2ncnc3nc[nH]c23)nc(N)n1. The molecule has 0 saturated carbocycles. The molecule has 3 rings (SSSR count). The van der Waals surface area contributed by atoms with E-state index in [-0.39, 0.29) is 5.95 Å². The molecular weight excluding hydrogens is 264 g/mol. The van der Waals surface area contributed by atoms with Gasteiger partial charge in [0.1, 0.15) is 27.7 Å². The second kappa shape index (κ2) is 4.69. The Morgan fingerprint density at radius 3 is 3.00 bits per heavy atom. The van der Waals surface area contributed by atoms with Gasteiger partial charge in [-0.15, -0.1) is 0 Å². The second-order valence-corrected chi connectivity index (χ2v) is 4.59. The third kappa shape index (κ3) is 2.27. The molecule has 0 fully saturated rings. The number of nitrogen functional groups attached to an aromatic ring is 1. The lowest BCUT2D eigenvalue weighted by molar-refractivity contribution is 1.04. The highest BCUT2D eigenvalue weighted by molar-refractivity contribution is 7.99. The second-order valence-electron chi connectivity index (χ2n) is 3.58. The number of fused-ring (bicyclic) bond motifs is 1. The fraction of sp³-hybridized carbons (Fsp3) is 0.100. The minimum atomic E-state index is 0.212. The Morgan fingerprint density at radius 1 is 1.26 bits per heavy atom. The molecule has 0 aromatic carbocycles. The minimum absolute atomic E-state index is 0.212. The Balaban J connectivity index is 2.01. The summed E-state index contributed by atoms with van der Waals surface area (Å²) in [5.74, 6) is 0.870. The summed E-state index contributed by atoms with van der Waals surface area (Å²) >= 11 is 1.37. The van der Waals surface area contributed by atoms with E-state index in [2.05, 4.69) is 35.2 Å². The number of imidazole rings is 1. The van der Waals surface area contributed by atoms with Crippen molar-refractivity contribution in [3.63, 3.8) is 0 Å². The molecule has 0 aliphatic rings. The average molecular weight is 274 g/mol. The number of nitrogens with zero attached hydrogens (tertiary/aromatic N) is 5. The molecule has 19 heavy (non-hydrogen) atoms. The number of hydrogen-bond donors (Lipinski definition) is 3. The first-order valence-electron chi connectivity index (χ1n) is 5.40. The fourth-order valence-corrected chi connectivity index (χ4v) is 2.40. The number of rotatable bonds is 3. The van der Waals surface area contributed by atoms with Crippen LogP contribution in [0.2, 0.25) is 0 Å². The van der Waals surface area contributed by atoms with Crippen molar-refractivity contribution in [3.8, 4) is 0 Å². The van der Waals surface area contributed by atoms with Crippen LogP contribution in [0.25, 0.3) is 11.2 Å². The summed E-state index contributed by atoms with van der Waals surface area (Å²) in [4.78, 5) is 23.6. The van der Waals surface area contributed by atoms with E-state index in [1.54, 1.807) is 19.4 Å². The van der Waals surface area contributed by atoms with Crippen molar-refractivity contribution < 1.29 is 0 Å². The third-order valence-electron chi connectivity index (χ3n) is 2.37. The summed E-state index contributed by atoms with van der Waals surface area (Å²) in [7, 11) is 1.77. The maximum absolute atomic E-state index is 5.65. The van der Waals surface area contributed by atoms with Gasteiger partial charge in [0.25, 0.3) is 0 Å². The minimum Gasteiger partial charge on any atom is -0.373 e. The summed E-state index contributed by atoms with van der Waals surface area (Å²) < 4.78 is 0. The molecule has 96 valence electrons. The lowest BCUT2D eigenvalue weighted by atomic mass is 10.6. The smallest absolute Gasteiger partial charge is 0.223 e. The van der Waals surface area contributed by atoms with Crippen LogP contribution < -0.4 is 11.1 Å². The molecular formula is C10H10N8S. The molecule has 8 nitrogen and oxygen atoms in total. The molecule has 0 aliphatic carbocycles. The number of aromatic nitrogens is 6. The topological polar surface area (TPSA) is 118 Å². The zero-order chi connectivity index (χ0) is 13.2. The Kier molecular flexibility index (Phi) is 2.88. The van der Waals surface area contributed by atoms with Crippen molar-refractivity contribution in [3.05, 3.63) is 18.7 Å². The van der Waals surface area contributed by atoms with E-state index in [0.717, 1.165) is 10.5 Å².